The van der Waals surface area contributed by atoms with E-state index in [4.69, 9.17) is 0 Å². The first kappa shape index (κ1) is 30.9. The van der Waals surface area contributed by atoms with E-state index in [0.717, 1.165) is 54.2 Å². The van der Waals surface area contributed by atoms with E-state index in [1.165, 1.54) is 0 Å². The number of nitrogens with zero attached hydrogens (tertiary/aromatic N) is 3. The van der Waals surface area contributed by atoms with E-state index in [1.807, 2.05) is 66.4 Å². The van der Waals surface area contributed by atoms with Crippen molar-refractivity contribution in [3.8, 4) is 0 Å². The predicted octanol–water partition coefficient (Wildman–Crippen LogP) is 4.95. The van der Waals surface area contributed by atoms with Crippen molar-refractivity contribution < 1.29 is 14.7 Å². The number of amides is 2. The summed E-state index contributed by atoms with van der Waals surface area (Å²) >= 11 is 3.49. The summed E-state index contributed by atoms with van der Waals surface area (Å²) in [4.78, 5) is 29.1. The molecule has 3 N–H and O–H groups in total. The van der Waals surface area contributed by atoms with Gasteiger partial charge in [-0.2, -0.15) is 5.10 Å². The molecule has 0 spiro atoms. The van der Waals surface area contributed by atoms with Crippen molar-refractivity contribution in [1.29, 1.82) is 0 Å². The van der Waals surface area contributed by atoms with Gasteiger partial charge in [-0.05, 0) is 62.3 Å². The van der Waals surface area contributed by atoms with Gasteiger partial charge in [0.2, 0.25) is 0 Å². The lowest BCUT2D eigenvalue weighted by Gasteiger charge is -2.35. The van der Waals surface area contributed by atoms with E-state index in [9.17, 15) is 14.7 Å². The topological polar surface area (TPSA) is 99.5 Å². The molecule has 0 saturated carbocycles. The summed E-state index contributed by atoms with van der Waals surface area (Å²) in [5.41, 5.74) is 2.72. The van der Waals surface area contributed by atoms with Gasteiger partial charge in [-0.25, -0.2) is 0 Å². The van der Waals surface area contributed by atoms with Crippen LogP contribution >= 0.6 is 15.9 Å². The van der Waals surface area contributed by atoms with Crippen molar-refractivity contribution >= 4 is 27.7 Å². The van der Waals surface area contributed by atoms with Crippen LogP contribution in [-0.2, 0) is 19.5 Å². The molecule has 1 aliphatic heterocycles. The lowest BCUT2D eigenvalue weighted by Crippen LogP contribution is -2.48. The van der Waals surface area contributed by atoms with Gasteiger partial charge in [0.15, 0.2) is 5.69 Å². The molecule has 4 rings (SSSR count). The number of aliphatic hydroxyl groups is 1. The number of hydrogen-bond donors (Lipinski definition) is 3. The quantitative estimate of drug-likeness (QED) is 0.250. The number of benzene rings is 2. The summed E-state index contributed by atoms with van der Waals surface area (Å²) in [5.74, 6) is -0.462. The highest BCUT2D eigenvalue weighted by molar-refractivity contribution is 9.10. The lowest BCUT2D eigenvalue weighted by atomic mass is 9.98. The first-order chi connectivity index (χ1) is 19.9. The number of carbonyl (C=O) groups excluding carboxylic acids is 2. The number of piperidine rings is 1. The van der Waals surface area contributed by atoms with Gasteiger partial charge >= 0.3 is 0 Å². The largest absolute Gasteiger partial charge is 0.390 e. The van der Waals surface area contributed by atoms with E-state index in [0.29, 0.717) is 31.7 Å². The van der Waals surface area contributed by atoms with Gasteiger partial charge in [0.1, 0.15) is 5.69 Å². The minimum absolute atomic E-state index is 0.0610. The molecule has 1 aromatic heterocycles. The molecule has 3 aromatic rings. The molecule has 3 atom stereocenters. The van der Waals surface area contributed by atoms with E-state index in [1.54, 1.807) is 10.7 Å². The minimum atomic E-state index is -0.844. The summed E-state index contributed by atoms with van der Waals surface area (Å²) in [6, 6.07) is 19.1. The zero-order valence-corrected chi connectivity index (χ0v) is 25.6. The Labute approximate surface area is 251 Å². The fourth-order valence-electron chi connectivity index (χ4n) is 5.54. The second-order valence-electron chi connectivity index (χ2n) is 10.8. The number of aliphatic hydroxyl groups excluding tert-OH is 1. The maximum Gasteiger partial charge on any atom is 0.272 e. The minimum Gasteiger partial charge on any atom is -0.390 e. The fraction of sp³-hybridized carbons (Fsp3) is 0.469. The molecule has 1 fully saturated rings. The van der Waals surface area contributed by atoms with Gasteiger partial charge in [0.05, 0.1) is 12.1 Å². The molecular formula is C32H42BrN5O3. The standard InChI is InChI=1S/C32H42BrN5O3/c1-3-11-26-16-8-9-17-37(26)32(41)29-20-28(36-38(29)4-2)31(40)35-27(19-23-12-6-5-7-13-23)30(39)22-34-21-24-14-10-15-25(33)18-24/h5-7,10,12-15,18,20,26-27,30,34,39H,3-4,8-9,11,16-17,19,21-22H2,1-2H3,(H,35,40)/t26?,27-,30+/m0/s1. The highest BCUT2D eigenvalue weighted by Crippen LogP contribution is 2.23. The van der Waals surface area contributed by atoms with Crippen molar-refractivity contribution in [2.45, 2.75) is 83.6 Å². The highest BCUT2D eigenvalue weighted by atomic mass is 79.9. The van der Waals surface area contributed by atoms with Crippen LogP contribution in [0.3, 0.4) is 0 Å². The Morgan fingerprint density at radius 3 is 2.59 bits per heavy atom. The summed E-state index contributed by atoms with van der Waals surface area (Å²) in [6.07, 6.45) is 4.77. The second kappa shape index (κ2) is 15.3. The summed E-state index contributed by atoms with van der Waals surface area (Å²) < 4.78 is 2.62. The van der Waals surface area contributed by atoms with Gasteiger partial charge in [-0.3, -0.25) is 14.3 Å². The molecule has 41 heavy (non-hydrogen) atoms. The second-order valence-corrected chi connectivity index (χ2v) is 11.7. The molecule has 220 valence electrons. The highest BCUT2D eigenvalue weighted by Gasteiger charge is 2.31. The number of rotatable bonds is 13. The van der Waals surface area contributed by atoms with E-state index in [2.05, 4.69) is 38.6 Å². The zero-order chi connectivity index (χ0) is 29.2. The molecule has 2 amide bonds. The molecule has 1 aliphatic rings. The summed E-state index contributed by atoms with van der Waals surface area (Å²) in [6.45, 7) is 6.17. The van der Waals surface area contributed by atoms with Crippen molar-refractivity contribution in [2.75, 3.05) is 13.1 Å². The van der Waals surface area contributed by atoms with Crippen molar-refractivity contribution in [3.63, 3.8) is 0 Å². The Kier molecular flexibility index (Phi) is 11.5. The lowest BCUT2D eigenvalue weighted by molar-refractivity contribution is 0.0588. The number of nitrogens with one attached hydrogen (secondary N) is 2. The molecule has 9 heteroatoms. The third-order valence-corrected chi connectivity index (χ3v) is 8.19. The maximum absolute atomic E-state index is 13.6. The van der Waals surface area contributed by atoms with Crippen molar-refractivity contribution in [1.82, 2.24) is 25.3 Å². The Balaban J connectivity index is 1.47. The molecular weight excluding hydrogens is 582 g/mol. The third kappa shape index (κ3) is 8.50. The van der Waals surface area contributed by atoms with E-state index < -0.39 is 18.1 Å². The normalized spacial score (nSPS) is 16.8. The molecule has 1 unspecified atom stereocenters. The van der Waals surface area contributed by atoms with Crippen molar-refractivity contribution in [3.05, 3.63) is 87.7 Å². The third-order valence-electron chi connectivity index (χ3n) is 7.69. The smallest absolute Gasteiger partial charge is 0.272 e. The van der Waals surface area contributed by atoms with Crippen molar-refractivity contribution in [2.24, 2.45) is 0 Å². The molecule has 0 radical (unpaired) electrons. The fourth-order valence-corrected chi connectivity index (χ4v) is 5.98. The Morgan fingerprint density at radius 1 is 1.07 bits per heavy atom. The van der Waals surface area contributed by atoms with Gasteiger partial charge in [0, 0.05) is 42.8 Å². The van der Waals surface area contributed by atoms with Crippen LogP contribution in [0.15, 0.2) is 65.1 Å². The van der Waals surface area contributed by atoms with E-state index in [-0.39, 0.29) is 17.6 Å². The monoisotopic (exact) mass is 623 g/mol. The SMILES string of the molecule is CCCC1CCCCN1C(=O)c1cc(C(=O)N[C@@H](Cc2ccccc2)[C@H](O)CNCc2cccc(Br)c2)nn1CC. The van der Waals surface area contributed by atoms with Crippen LogP contribution in [-0.4, -0.2) is 62.9 Å². The first-order valence-corrected chi connectivity index (χ1v) is 15.6. The number of aryl methyl sites for hydroxylation is 1. The summed E-state index contributed by atoms with van der Waals surface area (Å²) in [5, 5.41) is 22.0. The van der Waals surface area contributed by atoms with Gasteiger partial charge in [-0.15, -0.1) is 0 Å². The van der Waals surface area contributed by atoms with Crippen LogP contribution < -0.4 is 10.6 Å². The van der Waals surface area contributed by atoms with Crippen LogP contribution in [0.5, 0.6) is 0 Å². The number of hydrogen-bond acceptors (Lipinski definition) is 5. The number of aromatic nitrogens is 2. The number of halogens is 1. The van der Waals surface area contributed by atoms with Crippen LogP contribution in [0.4, 0.5) is 0 Å². The Bertz CT molecular complexity index is 1280. The molecule has 0 bridgehead atoms. The molecule has 8 nitrogen and oxygen atoms in total. The zero-order valence-electron chi connectivity index (χ0n) is 24.1. The van der Waals surface area contributed by atoms with Crippen LogP contribution in [0.25, 0.3) is 0 Å². The van der Waals surface area contributed by atoms with Gasteiger partial charge < -0.3 is 20.6 Å². The Morgan fingerprint density at radius 2 is 1.85 bits per heavy atom. The maximum atomic E-state index is 13.6. The van der Waals surface area contributed by atoms with Crippen LogP contribution in [0.2, 0.25) is 0 Å². The Hall–Kier alpha value is -3.01. The van der Waals surface area contributed by atoms with Crippen LogP contribution in [0, 0.1) is 0 Å². The average Bonchev–Trinajstić information content (AvgIpc) is 3.42. The van der Waals surface area contributed by atoms with E-state index >= 15 is 0 Å². The van der Waals surface area contributed by atoms with Crippen LogP contribution in [0.1, 0.15) is 78.1 Å². The predicted molar refractivity (Wildman–Crippen MR) is 165 cm³/mol. The average molecular weight is 625 g/mol. The molecule has 1 saturated heterocycles. The van der Waals surface area contributed by atoms with Gasteiger partial charge in [-0.1, -0.05) is 71.7 Å². The molecule has 2 heterocycles. The molecule has 0 aliphatic carbocycles. The van der Waals surface area contributed by atoms with Gasteiger partial charge in [0.25, 0.3) is 11.8 Å². The first-order valence-electron chi connectivity index (χ1n) is 14.8. The summed E-state index contributed by atoms with van der Waals surface area (Å²) in [7, 11) is 0. The number of carbonyl (C=O) groups is 2. The molecule has 2 aromatic carbocycles. The number of likely N-dealkylation sites (tertiary alicyclic amines) is 1.